The average Bonchev–Trinajstić information content (AvgIpc) is 2.45. The first kappa shape index (κ1) is 18.1. The maximum atomic E-state index is 12.3. The zero-order valence-electron chi connectivity index (χ0n) is 12.9. The van der Waals surface area contributed by atoms with Crippen LogP contribution in [0.2, 0.25) is 0 Å². The van der Waals surface area contributed by atoms with Crippen LogP contribution in [0.5, 0.6) is 0 Å². The SMILES string of the molecule is CCCC(C)N(C)CCS(=O)(=O)c1ccc(C(N)=S)cc1. The molecule has 0 bridgehead atoms. The molecule has 0 aliphatic carbocycles. The van der Waals surface area contributed by atoms with Crippen molar-refractivity contribution in [2.75, 3.05) is 19.3 Å². The molecule has 1 aromatic carbocycles. The summed E-state index contributed by atoms with van der Waals surface area (Å²) in [5, 5.41) is 0. The van der Waals surface area contributed by atoms with Gasteiger partial charge in [-0.3, -0.25) is 0 Å². The van der Waals surface area contributed by atoms with E-state index in [2.05, 4.69) is 18.7 Å². The summed E-state index contributed by atoms with van der Waals surface area (Å²) in [4.78, 5) is 2.68. The highest BCUT2D eigenvalue weighted by Crippen LogP contribution is 2.13. The van der Waals surface area contributed by atoms with Gasteiger partial charge in [-0.1, -0.05) is 37.7 Å². The monoisotopic (exact) mass is 328 g/mol. The maximum absolute atomic E-state index is 12.3. The minimum Gasteiger partial charge on any atom is -0.389 e. The van der Waals surface area contributed by atoms with Gasteiger partial charge in [0.25, 0.3) is 0 Å². The second-order valence-electron chi connectivity index (χ2n) is 5.33. The fraction of sp³-hybridized carbons (Fsp3) is 0.533. The molecule has 4 nitrogen and oxygen atoms in total. The number of hydrogen-bond acceptors (Lipinski definition) is 4. The molecular weight excluding hydrogens is 304 g/mol. The zero-order valence-corrected chi connectivity index (χ0v) is 14.5. The molecule has 6 heteroatoms. The van der Waals surface area contributed by atoms with Gasteiger partial charge < -0.3 is 10.6 Å². The van der Waals surface area contributed by atoms with Crippen LogP contribution < -0.4 is 5.73 Å². The molecule has 0 saturated carbocycles. The molecule has 0 aliphatic heterocycles. The van der Waals surface area contributed by atoms with Crippen LogP contribution in [-0.4, -0.2) is 43.7 Å². The van der Waals surface area contributed by atoms with Gasteiger partial charge in [0.1, 0.15) is 4.99 Å². The van der Waals surface area contributed by atoms with Crippen molar-refractivity contribution in [1.82, 2.24) is 4.90 Å². The van der Waals surface area contributed by atoms with Gasteiger partial charge >= 0.3 is 0 Å². The summed E-state index contributed by atoms with van der Waals surface area (Å²) in [7, 11) is -1.31. The Balaban J connectivity index is 2.71. The van der Waals surface area contributed by atoms with Gasteiger partial charge in [-0.15, -0.1) is 0 Å². The van der Waals surface area contributed by atoms with Crippen LogP contribution in [-0.2, 0) is 9.84 Å². The van der Waals surface area contributed by atoms with Gasteiger partial charge in [-0.25, -0.2) is 8.42 Å². The van der Waals surface area contributed by atoms with Crippen LogP contribution in [0.25, 0.3) is 0 Å². The van der Waals surface area contributed by atoms with E-state index in [1.807, 2.05) is 7.05 Å². The van der Waals surface area contributed by atoms with Crippen LogP contribution in [0.3, 0.4) is 0 Å². The molecule has 118 valence electrons. The summed E-state index contributed by atoms with van der Waals surface area (Å²) in [6.07, 6.45) is 2.16. The first-order valence-corrected chi connectivity index (χ1v) is 9.17. The topological polar surface area (TPSA) is 63.4 Å². The fourth-order valence-corrected chi connectivity index (χ4v) is 3.52. The minimum absolute atomic E-state index is 0.115. The quantitative estimate of drug-likeness (QED) is 0.741. The van der Waals surface area contributed by atoms with E-state index in [1.165, 1.54) is 0 Å². The highest BCUT2D eigenvalue weighted by atomic mass is 32.2. The molecular formula is C15H24N2O2S2. The van der Waals surface area contributed by atoms with Crippen molar-refractivity contribution in [1.29, 1.82) is 0 Å². The summed E-state index contributed by atoms with van der Waals surface area (Å²) < 4.78 is 24.6. The Morgan fingerprint density at radius 3 is 2.38 bits per heavy atom. The second kappa shape index (κ2) is 7.87. The Kier molecular flexibility index (Phi) is 6.77. The molecule has 1 unspecified atom stereocenters. The van der Waals surface area contributed by atoms with Gasteiger partial charge in [-0.05, 0) is 32.5 Å². The van der Waals surface area contributed by atoms with Gasteiger partial charge in [0.15, 0.2) is 9.84 Å². The number of rotatable bonds is 8. The molecule has 0 spiro atoms. The third-order valence-corrected chi connectivity index (χ3v) is 5.62. The van der Waals surface area contributed by atoms with Crippen LogP contribution >= 0.6 is 12.2 Å². The lowest BCUT2D eigenvalue weighted by Crippen LogP contribution is -2.33. The lowest BCUT2D eigenvalue weighted by atomic mass is 10.2. The molecule has 1 rings (SSSR count). The van der Waals surface area contributed by atoms with E-state index < -0.39 is 9.84 Å². The predicted octanol–water partition coefficient (Wildman–Crippen LogP) is 2.21. The summed E-state index contributed by atoms with van der Waals surface area (Å²) >= 11 is 4.86. The number of nitrogens with zero attached hydrogens (tertiary/aromatic N) is 1. The van der Waals surface area contributed by atoms with E-state index in [1.54, 1.807) is 24.3 Å². The van der Waals surface area contributed by atoms with Crippen molar-refractivity contribution in [2.24, 2.45) is 5.73 Å². The molecule has 21 heavy (non-hydrogen) atoms. The highest BCUT2D eigenvalue weighted by Gasteiger charge is 2.17. The molecule has 1 atom stereocenters. The standard InChI is InChI=1S/C15H24N2O2S2/c1-4-5-12(2)17(3)10-11-21(18,19)14-8-6-13(7-9-14)15(16)20/h6-9,12H,4-5,10-11H2,1-3H3,(H2,16,20). The third-order valence-electron chi connectivity index (χ3n) is 3.67. The molecule has 0 radical (unpaired) electrons. The van der Waals surface area contributed by atoms with E-state index in [4.69, 9.17) is 18.0 Å². The fourth-order valence-electron chi connectivity index (χ4n) is 2.07. The second-order valence-corrected chi connectivity index (χ2v) is 7.87. The predicted molar refractivity (Wildman–Crippen MR) is 91.4 cm³/mol. The maximum Gasteiger partial charge on any atom is 0.179 e. The molecule has 0 heterocycles. The Morgan fingerprint density at radius 1 is 1.33 bits per heavy atom. The van der Waals surface area contributed by atoms with Crippen molar-refractivity contribution in [3.05, 3.63) is 29.8 Å². The smallest absolute Gasteiger partial charge is 0.179 e. The molecule has 1 aromatic rings. The van der Waals surface area contributed by atoms with Crippen molar-refractivity contribution < 1.29 is 8.42 Å². The Bertz CT molecular complexity index is 568. The largest absolute Gasteiger partial charge is 0.389 e. The molecule has 0 amide bonds. The summed E-state index contributed by atoms with van der Waals surface area (Å²) in [5.41, 5.74) is 6.19. The molecule has 0 aromatic heterocycles. The molecule has 0 fully saturated rings. The van der Waals surface area contributed by atoms with Crippen LogP contribution in [0, 0.1) is 0 Å². The normalized spacial score (nSPS) is 13.3. The van der Waals surface area contributed by atoms with Gasteiger partial charge in [0, 0.05) is 18.2 Å². The van der Waals surface area contributed by atoms with E-state index in [9.17, 15) is 8.42 Å². The van der Waals surface area contributed by atoms with Crippen molar-refractivity contribution in [3.8, 4) is 0 Å². The summed E-state index contributed by atoms with van der Waals surface area (Å²) in [6.45, 7) is 4.78. The number of benzene rings is 1. The zero-order chi connectivity index (χ0) is 16.0. The number of hydrogen-bond donors (Lipinski definition) is 1. The van der Waals surface area contributed by atoms with Crippen molar-refractivity contribution in [2.45, 2.75) is 37.6 Å². The first-order chi connectivity index (χ1) is 9.77. The van der Waals surface area contributed by atoms with Gasteiger partial charge in [0.05, 0.1) is 10.6 Å². The van der Waals surface area contributed by atoms with E-state index in [0.717, 1.165) is 12.8 Å². The summed E-state index contributed by atoms with van der Waals surface area (Å²) in [5.74, 6) is 0.115. The Hall–Kier alpha value is -0.980. The molecule has 0 aliphatic rings. The lowest BCUT2D eigenvalue weighted by Gasteiger charge is -2.24. The van der Waals surface area contributed by atoms with Gasteiger partial charge in [0.2, 0.25) is 0 Å². The van der Waals surface area contributed by atoms with Crippen LogP contribution in [0.15, 0.2) is 29.2 Å². The molecule has 2 N–H and O–H groups in total. The highest BCUT2D eigenvalue weighted by molar-refractivity contribution is 7.91. The number of nitrogens with two attached hydrogens (primary N) is 1. The van der Waals surface area contributed by atoms with Crippen molar-refractivity contribution >= 4 is 27.0 Å². The Morgan fingerprint density at radius 2 is 1.90 bits per heavy atom. The molecule has 0 saturated heterocycles. The van der Waals surface area contributed by atoms with E-state index >= 15 is 0 Å². The van der Waals surface area contributed by atoms with Gasteiger partial charge in [-0.2, -0.15) is 0 Å². The van der Waals surface area contributed by atoms with E-state index in [-0.39, 0.29) is 10.7 Å². The van der Waals surface area contributed by atoms with Crippen LogP contribution in [0.4, 0.5) is 0 Å². The summed E-state index contributed by atoms with van der Waals surface area (Å²) in [6, 6.07) is 6.83. The van der Waals surface area contributed by atoms with Crippen molar-refractivity contribution in [3.63, 3.8) is 0 Å². The lowest BCUT2D eigenvalue weighted by molar-refractivity contribution is 0.258. The minimum atomic E-state index is -3.27. The average molecular weight is 329 g/mol. The number of sulfone groups is 1. The Labute approximate surface area is 133 Å². The third kappa shape index (κ3) is 5.37. The van der Waals surface area contributed by atoms with Crippen LogP contribution in [0.1, 0.15) is 32.3 Å². The van der Waals surface area contributed by atoms with E-state index in [0.29, 0.717) is 23.0 Å². The number of thiocarbonyl (C=S) groups is 1. The first-order valence-electron chi connectivity index (χ1n) is 7.10.